The molecule has 0 aliphatic heterocycles. The first kappa shape index (κ1) is 9.85. The molecule has 2 aromatic heterocycles. The lowest BCUT2D eigenvalue weighted by Crippen LogP contribution is -2.06. The Balaban J connectivity index is 2.32. The SMILES string of the molecule is Cn1c2c(c3ccnc(CCN)c31)CCC2. The molecule has 3 nitrogen and oxygen atoms in total. The van der Waals surface area contributed by atoms with Gasteiger partial charge in [-0.1, -0.05) is 0 Å². The maximum absolute atomic E-state index is 5.64. The van der Waals surface area contributed by atoms with E-state index >= 15 is 0 Å². The predicted octanol–water partition coefficient (Wildman–Crippen LogP) is 1.56. The third-order valence-electron chi connectivity index (χ3n) is 3.64. The number of rotatable bonds is 2. The van der Waals surface area contributed by atoms with Crippen LogP contribution in [0.4, 0.5) is 0 Å². The summed E-state index contributed by atoms with van der Waals surface area (Å²) < 4.78 is 2.33. The summed E-state index contributed by atoms with van der Waals surface area (Å²) in [6, 6.07) is 2.15. The van der Waals surface area contributed by atoms with Crippen molar-refractivity contribution < 1.29 is 0 Å². The number of aromatic nitrogens is 2. The Labute approximate surface area is 95.3 Å². The van der Waals surface area contributed by atoms with Crippen LogP contribution in [0.1, 0.15) is 23.4 Å². The molecule has 3 rings (SSSR count). The molecular weight excluding hydrogens is 198 g/mol. The molecule has 0 saturated carbocycles. The third kappa shape index (κ3) is 1.21. The average molecular weight is 215 g/mol. The molecule has 0 atom stereocenters. The molecule has 0 saturated heterocycles. The summed E-state index contributed by atoms with van der Waals surface area (Å²) in [7, 11) is 2.16. The highest BCUT2D eigenvalue weighted by Gasteiger charge is 2.21. The Morgan fingerprint density at radius 2 is 2.31 bits per heavy atom. The Bertz CT molecular complexity index is 540. The number of aryl methyl sites for hydroxylation is 2. The summed E-state index contributed by atoms with van der Waals surface area (Å²) in [4.78, 5) is 4.47. The number of pyridine rings is 1. The van der Waals surface area contributed by atoms with E-state index < -0.39 is 0 Å². The number of nitrogens with zero attached hydrogens (tertiary/aromatic N) is 2. The fraction of sp³-hybridized carbons (Fsp3) is 0.462. The Morgan fingerprint density at radius 1 is 1.44 bits per heavy atom. The summed E-state index contributed by atoms with van der Waals surface area (Å²) in [5.41, 5.74) is 11.1. The summed E-state index contributed by atoms with van der Waals surface area (Å²) >= 11 is 0. The topological polar surface area (TPSA) is 43.8 Å². The van der Waals surface area contributed by atoms with Crippen molar-refractivity contribution >= 4 is 10.9 Å². The van der Waals surface area contributed by atoms with E-state index in [0.29, 0.717) is 6.54 Å². The van der Waals surface area contributed by atoms with Gasteiger partial charge in [-0.05, 0) is 37.4 Å². The van der Waals surface area contributed by atoms with Crippen LogP contribution in [0, 0.1) is 0 Å². The number of hydrogen-bond acceptors (Lipinski definition) is 2. The van der Waals surface area contributed by atoms with E-state index in [1.165, 1.54) is 41.4 Å². The summed E-state index contributed by atoms with van der Waals surface area (Å²) in [6.07, 6.45) is 6.52. The maximum Gasteiger partial charge on any atom is 0.0702 e. The van der Waals surface area contributed by atoms with Gasteiger partial charge in [-0.25, -0.2) is 0 Å². The smallest absolute Gasteiger partial charge is 0.0702 e. The van der Waals surface area contributed by atoms with Crippen molar-refractivity contribution in [1.29, 1.82) is 0 Å². The van der Waals surface area contributed by atoms with Crippen LogP contribution in [0.5, 0.6) is 0 Å². The number of fused-ring (bicyclic) bond motifs is 3. The van der Waals surface area contributed by atoms with E-state index in [-0.39, 0.29) is 0 Å². The van der Waals surface area contributed by atoms with Gasteiger partial charge in [0.15, 0.2) is 0 Å². The van der Waals surface area contributed by atoms with Gasteiger partial charge in [-0.15, -0.1) is 0 Å². The van der Waals surface area contributed by atoms with E-state index in [0.717, 1.165) is 12.1 Å². The van der Waals surface area contributed by atoms with E-state index in [4.69, 9.17) is 5.73 Å². The van der Waals surface area contributed by atoms with Crippen LogP contribution in [0.25, 0.3) is 10.9 Å². The van der Waals surface area contributed by atoms with Gasteiger partial charge in [-0.3, -0.25) is 4.98 Å². The van der Waals surface area contributed by atoms with Crippen molar-refractivity contribution in [1.82, 2.24) is 9.55 Å². The van der Waals surface area contributed by atoms with Crippen LogP contribution in [0.3, 0.4) is 0 Å². The molecule has 2 N–H and O–H groups in total. The van der Waals surface area contributed by atoms with Crippen molar-refractivity contribution in [2.24, 2.45) is 12.8 Å². The quantitative estimate of drug-likeness (QED) is 0.826. The van der Waals surface area contributed by atoms with Gasteiger partial charge in [-0.2, -0.15) is 0 Å². The van der Waals surface area contributed by atoms with Crippen LogP contribution in [-0.2, 0) is 26.3 Å². The third-order valence-corrected chi connectivity index (χ3v) is 3.64. The standard InChI is InChI=1S/C13H17N3/c1-16-12-4-2-3-9(12)10-6-8-15-11(5-7-14)13(10)16/h6,8H,2-5,7,14H2,1H3. The predicted molar refractivity (Wildman–Crippen MR) is 65.5 cm³/mol. The minimum Gasteiger partial charge on any atom is -0.346 e. The largest absolute Gasteiger partial charge is 0.346 e. The van der Waals surface area contributed by atoms with E-state index in [9.17, 15) is 0 Å². The van der Waals surface area contributed by atoms with Gasteiger partial charge in [0.2, 0.25) is 0 Å². The van der Waals surface area contributed by atoms with Crippen molar-refractivity contribution in [2.75, 3.05) is 6.54 Å². The molecule has 1 aliphatic carbocycles. The second-order valence-electron chi connectivity index (χ2n) is 4.53. The molecule has 3 heteroatoms. The first-order chi connectivity index (χ1) is 7.83. The second-order valence-corrected chi connectivity index (χ2v) is 4.53. The number of hydrogen-bond donors (Lipinski definition) is 1. The summed E-state index contributed by atoms with van der Waals surface area (Å²) in [5, 5.41) is 1.40. The van der Waals surface area contributed by atoms with Gasteiger partial charge < -0.3 is 10.3 Å². The van der Waals surface area contributed by atoms with Crippen molar-refractivity contribution in [2.45, 2.75) is 25.7 Å². The molecule has 0 radical (unpaired) electrons. The molecule has 0 aromatic carbocycles. The molecule has 84 valence electrons. The normalized spacial score (nSPS) is 14.6. The van der Waals surface area contributed by atoms with E-state index in [1.807, 2.05) is 6.20 Å². The summed E-state index contributed by atoms with van der Waals surface area (Å²) in [5.74, 6) is 0. The Kier molecular flexibility index (Phi) is 2.21. The lowest BCUT2D eigenvalue weighted by Gasteiger charge is -2.05. The van der Waals surface area contributed by atoms with Crippen LogP contribution >= 0.6 is 0 Å². The number of nitrogens with two attached hydrogens (primary N) is 1. The van der Waals surface area contributed by atoms with Gasteiger partial charge in [0, 0.05) is 30.7 Å². The lowest BCUT2D eigenvalue weighted by atomic mass is 10.1. The Hall–Kier alpha value is -1.35. The zero-order valence-corrected chi connectivity index (χ0v) is 9.66. The second kappa shape index (κ2) is 3.59. The maximum atomic E-state index is 5.64. The van der Waals surface area contributed by atoms with Crippen LogP contribution in [0.15, 0.2) is 12.3 Å². The molecule has 2 aromatic rings. The van der Waals surface area contributed by atoms with Gasteiger partial charge >= 0.3 is 0 Å². The van der Waals surface area contributed by atoms with Crippen molar-refractivity contribution in [3.63, 3.8) is 0 Å². The molecule has 0 fully saturated rings. The molecule has 0 amide bonds. The van der Waals surface area contributed by atoms with Gasteiger partial charge in [0.05, 0.1) is 11.2 Å². The van der Waals surface area contributed by atoms with Crippen LogP contribution < -0.4 is 5.73 Å². The molecule has 1 aliphatic rings. The zero-order chi connectivity index (χ0) is 11.1. The van der Waals surface area contributed by atoms with Crippen LogP contribution in [0.2, 0.25) is 0 Å². The van der Waals surface area contributed by atoms with Gasteiger partial charge in [0.1, 0.15) is 0 Å². The molecule has 0 unspecified atom stereocenters. The lowest BCUT2D eigenvalue weighted by molar-refractivity contribution is 0.820. The minimum atomic E-state index is 0.669. The van der Waals surface area contributed by atoms with Crippen LogP contribution in [-0.4, -0.2) is 16.1 Å². The van der Waals surface area contributed by atoms with Crippen molar-refractivity contribution in [3.8, 4) is 0 Å². The fourth-order valence-electron chi connectivity index (χ4n) is 2.96. The monoisotopic (exact) mass is 215 g/mol. The Morgan fingerprint density at radius 3 is 3.12 bits per heavy atom. The average Bonchev–Trinajstić information content (AvgIpc) is 2.84. The highest BCUT2D eigenvalue weighted by atomic mass is 15.0. The highest BCUT2D eigenvalue weighted by molar-refractivity contribution is 5.87. The molecule has 0 bridgehead atoms. The summed E-state index contributed by atoms with van der Waals surface area (Å²) in [6.45, 7) is 0.669. The zero-order valence-electron chi connectivity index (χ0n) is 9.66. The van der Waals surface area contributed by atoms with E-state index in [2.05, 4.69) is 22.7 Å². The van der Waals surface area contributed by atoms with E-state index in [1.54, 1.807) is 0 Å². The minimum absolute atomic E-state index is 0.669. The van der Waals surface area contributed by atoms with Gasteiger partial charge in [0.25, 0.3) is 0 Å². The first-order valence-corrected chi connectivity index (χ1v) is 5.97. The molecule has 2 heterocycles. The molecule has 16 heavy (non-hydrogen) atoms. The first-order valence-electron chi connectivity index (χ1n) is 5.97. The highest BCUT2D eigenvalue weighted by Crippen LogP contribution is 2.33. The fourth-order valence-corrected chi connectivity index (χ4v) is 2.96. The molecular formula is C13H17N3. The van der Waals surface area contributed by atoms with Crippen molar-refractivity contribution in [3.05, 3.63) is 29.2 Å². The molecule has 0 spiro atoms.